The number of rotatable bonds is 14. The molecule has 1 aromatic heterocycles. The van der Waals surface area contributed by atoms with Gasteiger partial charge in [0.25, 0.3) is 0 Å². The Morgan fingerprint density at radius 3 is 1.64 bits per heavy atom. The normalized spacial score (nSPS) is 25.2. The van der Waals surface area contributed by atoms with Crippen LogP contribution in [-0.4, -0.2) is 127 Å². The highest BCUT2D eigenvalue weighted by Crippen LogP contribution is 2.47. The molecule has 0 aliphatic carbocycles. The molecular weight excluding hydrogens is 856 g/mol. The average Bonchev–Trinajstić information content (AvgIpc) is 3.19. The molecule has 2 aliphatic rings. The first-order valence-corrected chi connectivity index (χ1v) is 19.5. The molecule has 2 fully saturated rings. The molecule has 3 aromatic rings. The third kappa shape index (κ3) is 11.2. The minimum absolute atomic E-state index is 0.0169. The fraction of sp³-hybridized carbons (Fsp3) is 0.476. The number of aliphatic hydroxyl groups is 1. The summed E-state index contributed by atoms with van der Waals surface area (Å²) in [6.07, 6.45) is -14.9. The Labute approximate surface area is 363 Å². The molecule has 22 heteroatoms. The number of ether oxygens (including phenoxy) is 11. The number of hydrogen-bond donors (Lipinski definition) is 2. The van der Waals surface area contributed by atoms with Crippen molar-refractivity contribution in [1.29, 1.82) is 0 Å². The van der Waals surface area contributed by atoms with Crippen LogP contribution in [0.3, 0.4) is 0 Å². The lowest BCUT2D eigenvalue weighted by molar-refractivity contribution is -0.288. The molecule has 0 radical (unpaired) electrons. The lowest BCUT2D eigenvalue weighted by Crippen LogP contribution is -2.63. The molecule has 346 valence electrons. The van der Waals surface area contributed by atoms with Crippen LogP contribution in [0.15, 0.2) is 45.6 Å². The van der Waals surface area contributed by atoms with E-state index in [1.165, 1.54) is 37.4 Å². The van der Waals surface area contributed by atoms with E-state index < -0.39 is 127 Å². The largest absolute Gasteiger partial charge is 0.506 e. The molecule has 10 atom stereocenters. The zero-order valence-corrected chi connectivity index (χ0v) is 35.7. The van der Waals surface area contributed by atoms with Crippen molar-refractivity contribution in [3.63, 3.8) is 0 Å². The Morgan fingerprint density at radius 2 is 1.12 bits per heavy atom. The van der Waals surface area contributed by atoms with Crippen LogP contribution in [0.2, 0.25) is 0 Å². The molecule has 2 N–H and O–H groups in total. The van der Waals surface area contributed by atoms with Gasteiger partial charge in [-0.25, -0.2) is 0 Å². The van der Waals surface area contributed by atoms with Crippen molar-refractivity contribution in [1.82, 2.24) is 0 Å². The number of carbonyl (C=O) groups excluding carboxylic acids is 7. The highest BCUT2D eigenvalue weighted by Gasteiger charge is 2.55. The van der Waals surface area contributed by atoms with Gasteiger partial charge in [-0.2, -0.15) is 0 Å². The molecule has 0 unspecified atom stereocenters. The summed E-state index contributed by atoms with van der Waals surface area (Å²) < 4.78 is 67.4. The van der Waals surface area contributed by atoms with Gasteiger partial charge in [-0.15, -0.1) is 0 Å². The summed E-state index contributed by atoms with van der Waals surface area (Å²) in [5.41, 5.74) is -0.927. The van der Waals surface area contributed by atoms with Gasteiger partial charge in [0, 0.05) is 66.2 Å². The number of esters is 7. The van der Waals surface area contributed by atoms with Gasteiger partial charge in [-0.1, -0.05) is 0 Å². The minimum Gasteiger partial charge on any atom is -0.506 e. The molecular formula is C42H46O22. The number of aromatic hydroxyl groups is 1. The van der Waals surface area contributed by atoms with Gasteiger partial charge < -0.3 is 66.7 Å². The van der Waals surface area contributed by atoms with Crippen LogP contribution < -0.4 is 14.9 Å². The Morgan fingerprint density at radius 1 is 0.625 bits per heavy atom. The van der Waals surface area contributed by atoms with Crippen molar-refractivity contribution in [3.05, 3.63) is 52.2 Å². The zero-order chi connectivity index (χ0) is 47.2. The Balaban J connectivity index is 1.52. The maximum atomic E-state index is 13.8. The first kappa shape index (κ1) is 48.3. The van der Waals surface area contributed by atoms with Gasteiger partial charge in [-0.05, 0) is 24.3 Å². The third-order valence-electron chi connectivity index (χ3n) is 9.56. The topological polar surface area (TPSA) is 292 Å². The van der Waals surface area contributed by atoms with Crippen LogP contribution in [0.5, 0.6) is 17.2 Å². The number of hydrogen-bond acceptors (Lipinski definition) is 22. The standard InChI is InChI=1S/C42H46O22/c1-17(44)54-16-31-36(56-19(3)46)39(58-21(5)48)41(60-23(7)50)42(64-31)61-25-11-9-24(10-12-25)27-13-26(51)32-29(62-27)14-28(53-8)33(34(32)52)37-40(59-22(6)49)38(57-20(4)47)35(55-18(2)45)30(15-43)63-37/h9-14,30-31,35-43,52H,15-16H2,1-8H3/t30-,31-,35-,36-,37+,38+,39+,40+,41-,42-/m1/s1. The second-order valence-electron chi connectivity index (χ2n) is 14.4. The van der Waals surface area contributed by atoms with E-state index in [-0.39, 0.29) is 33.8 Å². The van der Waals surface area contributed by atoms with E-state index in [4.69, 9.17) is 56.5 Å². The molecule has 5 rings (SSSR count). The molecule has 0 spiro atoms. The number of benzene rings is 2. The number of aliphatic hydroxyl groups excluding tert-OH is 1. The van der Waals surface area contributed by atoms with Crippen molar-refractivity contribution in [2.75, 3.05) is 20.3 Å². The second-order valence-corrected chi connectivity index (χ2v) is 14.4. The molecule has 0 amide bonds. The zero-order valence-electron chi connectivity index (χ0n) is 35.7. The SMILES string of the molecule is COc1cc2oc(-c3ccc(O[C@@H]4O[C@H](COC(C)=O)[C@@H](OC(C)=O)[C@H](OC(C)=O)[C@H]4OC(C)=O)cc3)cc(=O)c2c(O)c1[C@@H]1O[C@H](CO)[C@@H](OC(C)=O)[C@H](OC(C)=O)[C@H]1OC(C)=O. The first-order valence-electron chi connectivity index (χ1n) is 19.5. The predicted molar refractivity (Wildman–Crippen MR) is 210 cm³/mol. The summed E-state index contributed by atoms with van der Waals surface area (Å²) in [4.78, 5) is 98.8. The van der Waals surface area contributed by atoms with Gasteiger partial charge in [0.15, 0.2) is 35.9 Å². The number of carbonyl (C=O) groups is 7. The summed E-state index contributed by atoms with van der Waals surface area (Å²) in [6.45, 7) is 6.25. The molecule has 2 aliphatic heterocycles. The van der Waals surface area contributed by atoms with Crippen LogP contribution in [-0.2, 0) is 76.2 Å². The maximum absolute atomic E-state index is 13.8. The second kappa shape index (κ2) is 20.6. The predicted octanol–water partition coefficient (Wildman–Crippen LogP) is 1.86. The van der Waals surface area contributed by atoms with E-state index in [1.807, 2.05) is 0 Å². The van der Waals surface area contributed by atoms with Crippen LogP contribution >= 0.6 is 0 Å². The Hall–Kier alpha value is -6.78. The van der Waals surface area contributed by atoms with Gasteiger partial charge in [0.05, 0.1) is 19.3 Å². The highest BCUT2D eigenvalue weighted by molar-refractivity contribution is 5.88. The molecule has 2 aromatic carbocycles. The number of phenols is 1. The Bertz CT molecular complexity index is 2320. The monoisotopic (exact) mass is 902 g/mol. The summed E-state index contributed by atoms with van der Waals surface area (Å²) in [5, 5.41) is 21.7. The van der Waals surface area contributed by atoms with Crippen LogP contribution in [0.4, 0.5) is 0 Å². The first-order chi connectivity index (χ1) is 30.2. The number of methoxy groups -OCH3 is 1. The molecule has 0 bridgehead atoms. The Kier molecular flexibility index (Phi) is 15.5. The maximum Gasteiger partial charge on any atom is 0.303 e. The summed E-state index contributed by atoms with van der Waals surface area (Å²) >= 11 is 0. The highest BCUT2D eigenvalue weighted by atomic mass is 16.7. The van der Waals surface area contributed by atoms with Crippen molar-refractivity contribution in [2.24, 2.45) is 0 Å². The quantitative estimate of drug-likeness (QED) is 0.172. The lowest BCUT2D eigenvalue weighted by Gasteiger charge is -2.44. The summed E-state index contributed by atoms with van der Waals surface area (Å²) in [6, 6.07) is 8.10. The smallest absolute Gasteiger partial charge is 0.303 e. The molecule has 64 heavy (non-hydrogen) atoms. The number of fused-ring (bicyclic) bond motifs is 1. The van der Waals surface area contributed by atoms with Gasteiger partial charge in [-0.3, -0.25) is 38.4 Å². The molecule has 22 nitrogen and oxygen atoms in total. The van der Waals surface area contributed by atoms with Gasteiger partial charge >= 0.3 is 41.8 Å². The fourth-order valence-electron chi connectivity index (χ4n) is 7.27. The molecule has 2 saturated heterocycles. The van der Waals surface area contributed by atoms with Crippen LogP contribution in [0, 0.1) is 0 Å². The fourth-order valence-corrected chi connectivity index (χ4v) is 7.27. The van der Waals surface area contributed by atoms with Crippen LogP contribution in [0.1, 0.15) is 60.1 Å². The lowest BCUT2D eigenvalue weighted by atomic mass is 9.89. The summed E-state index contributed by atoms with van der Waals surface area (Å²) in [5.74, 6) is -6.62. The van der Waals surface area contributed by atoms with E-state index in [1.54, 1.807) is 0 Å². The third-order valence-corrected chi connectivity index (χ3v) is 9.56. The molecule has 0 saturated carbocycles. The van der Waals surface area contributed by atoms with Gasteiger partial charge in [0.2, 0.25) is 12.4 Å². The average molecular weight is 903 g/mol. The van der Waals surface area contributed by atoms with Crippen molar-refractivity contribution in [2.45, 2.75) is 110 Å². The van der Waals surface area contributed by atoms with E-state index in [2.05, 4.69) is 0 Å². The number of phenolic OH excluding ortho intramolecular Hbond substituents is 1. The van der Waals surface area contributed by atoms with E-state index in [0.717, 1.165) is 54.5 Å². The minimum atomic E-state index is -1.62. The van der Waals surface area contributed by atoms with E-state index in [9.17, 15) is 48.6 Å². The van der Waals surface area contributed by atoms with E-state index >= 15 is 0 Å². The van der Waals surface area contributed by atoms with Crippen molar-refractivity contribution < 1.29 is 100 Å². The van der Waals surface area contributed by atoms with Crippen molar-refractivity contribution >= 4 is 52.8 Å². The van der Waals surface area contributed by atoms with Crippen LogP contribution in [0.25, 0.3) is 22.3 Å². The molecule has 3 heterocycles. The van der Waals surface area contributed by atoms with Crippen molar-refractivity contribution in [3.8, 4) is 28.6 Å². The van der Waals surface area contributed by atoms with E-state index in [0.29, 0.717) is 5.56 Å². The van der Waals surface area contributed by atoms with Gasteiger partial charge in [0.1, 0.15) is 58.9 Å². The summed E-state index contributed by atoms with van der Waals surface area (Å²) in [7, 11) is 1.22.